The van der Waals surface area contributed by atoms with E-state index < -0.39 is 11.7 Å². The second kappa shape index (κ2) is 8.36. The largest absolute Gasteiger partial charge is 0.444 e. The van der Waals surface area contributed by atoms with Gasteiger partial charge < -0.3 is 15.4 Å². The second-order valence-electron chi connectivity index (χ2n) is 6.02. The van der Waals surface area contributed by atoms with Gasteiger partial charge in [-0.2, -0.15) is 0 Å². The van der Waals surface area contributed by atoms with Crippen molar-refractivity contribution in [3.63, 3.8) is 0 Å². The van der Waals surface area contributed by atoms with Gasteiger partial charge in [0.25, 0.3) is 5.91 Å². The number of carbonyl (C=O) groups is 2. The average Bonchev–Trinajstić information content (AvgIpc) is 2.38. The Labute approximate surface area is 145 Å². The number of hydrogen-bond donors (Lipinski definition) is 2. The van der Waals surface area contributed by atoms with Crippen LogP contribution in [0.4, 0.5) is 4.79 Å². The highest BCUT2D eigenvalue weighted by Gasteiger charge is 2.15. The molecule has 0 spiro atoms. The fourth-order valence-corrected chi connectivity index (χ4v) is 2.28. The number of amides is 2. The fourth-order valence-electron chi connectivity index (χ4n) is 1.70. The van der Waals surface area contributed by atoms with Crippen molar-refractivity contribution in [1.82, 2.24) is 10.6 Å². The number of benzene rings is 1. The van der Waals surface area contributed by atoms with Crippen LogP contribution in [-0.4, -0.2) is 30.7 Å². The van der Waals surface area contributed by atoms with Gasteiger partial charge in [0.1, 0.15) is 5.60 Å². The summed E-state index contributed by atoms with van der Waals surface area (Å²) in [6.07, 6.45) is 0.208. The highest BCUT2D eigenvalue weighted by molar-refractivity contribution is 14.1. The van der Waals surface area contributed by atoms with E-state index >= 15 is 0 Å². The number of nitrogens with one attached hydrogen (secondary N) is 2. The number of carbonyl (C=O) groups excluding carboxylic acids is 2. The van der Waals surface area contributed by atoms with Crippen molar-refractivity contribution in [2.75, 3.05) is 13.1 Å². The van der Waals surface area contributed by atoms with Crippen LogP contribution in [0, 0.1) is 10.5 Å². The Morgan fingerprint density at radius 2 is 1.82 bits per heavy atom. The molecule has 0 fully saturated rings. The van der Waals surface area contributed by atoms with E-state index in [2.05, 4.69) is 33.2 Å². The van der Waals surface area contributed by atoms with Crippen molar-refractivity contribution in [2.45, 2.75) is 39.7 Å². The maximum absolute atomic E-state index is 12.1. The fraction of sp³-hybridized carbons (Fsp3) is 0.500. The summed E-state index contributed by atoms with van der Waals surface area (Å²) < 4.78 is 6.05. The molecule has 5 nitrogen and oxygen atoms in total. The first-order valence-electron chi connectivity index (χ1n) is 7.20. The molecule has 122 valence electrons. The SMILES string of the molecule is Cc1ccc(I)c(C(=O)NCCCNC(=O)OC(C)(C)C)c1. The molecule has 0 bridgehead atoms. The first-order chi connectivity index (χ1) is 10.2. The Balaban J connectivity index is 2.29. The van der Waals surface area contributed by atoms with E-state index in [0.29, 0.717) is 25.1 Å². The van der Waals surface area contributed by atoms with Crippen molar-refractivity contribution < 1.29 is 14.3 Å². The van der Waals surface area contributed by atoms with Crippen LogP contribution in [0.15, 0.2) is 18.2 Å². The summed E-state index contributed by atoms with van der Waals surface area (Å²) in [5.74, 6) is -0.0923. The molecule has 0 saturated carbocycles. The third-order valence-electron chi connectivity index (χ3n) is 2.67. The van der Waals surface area contributed by atoms with Gasteiger partial charge in [-0.15, -0.1) is 0 Å². The van der Waals surface area contributed by atoms with Gasteiger partial charge in [-0.05, 0) is 68.8 Å². The Kier molecular flexibility index (Phi) is 7.12. The molecule has 22 heavy (non-hydrogen) atoms. The number of ether oxygens (including phenoxy) is 1. The molecule has 2 N–H and O–H groups in total. The van der Waals surface area contributed by atoms with Crippen molar-refractivity contribution in [2.24, 2.45) is 0 Å². The summed E-state index contributed by atoms with van der Waals surface area (Å²) in [6.45, 7) is 8.36. The topological polar surface area (TPSA) is 67.4 Å². The molecule has 2 amide bonds. The van der Waals surface area contributed by atoms with Crippen molar-refractivity contribution in [3.8, 4) is 0 Å². The third kappa shape index (κ3) is 7.11. The first-order valence-corrected chi connectivity index (χ1v) is 8.28. The van der Waals surface area contributed by atoms with Gasteiger partial charge >= 0.3 is 6.09 Å². The number of halogens is 1. The van der Waals surface area contributed by atoms with Crippen LogP contribution in [-0.2, 0) is 4.74 Å². The molecule has 0 aliphatic rings. The summed E-state index contributed by atoms with van der Waals surface area (Å²) in [5.41, 5.74) is 1.23. The minimum absolute atomic E-state index is 0.0923. The molecular weight excluding hydrogens is 395 g/mol. The first kappa shape index (κ1) is 18.7. The van der Waals surface area contributed by atoms with E-state index in [-0.39, 0.29) is 5.91 Å². The molecule has 1 aromatic carbocycles. The van der Waals surface area contributed by atoms with Crippen molar-refractivity contribution in [1.29, 1.82) is 0 Å². The number of rotatable bonds is 5. The molecule has 6 heteroatoms. The Morgan fingerprint density at radius 1 is 1.18 bits per heavy atom. The Morgan fingerprint density at radius 3 is 2.45 bits per heavy atom. The van der Waals surface area contributed by atoms with Crippen LogP contribution >= 0.6 is 22.6 Å². The molecule has 0 aromatic heterocycles. The lowest BCUT2D eigenvalue weighted by molar-refractivity contribution is 0.0527. The van der Waals surface area contributed by atoms with Crippen molar-refractivity contribution >= 4 is 34.6 Å². The van der Waals surface area contributed by atoms with E-state index in [4.69, 9.17) is 4.74 Å². The number of hydrogen-bond acceptors (Lipinski definition) is 3. The zero-order valence-electron chi connectivity index (χ0n) is 13.5. The molecule has 0 aliphatic heterocycles. The lowest BCUT2D eigenvalue weighted by Gasteiger charge is -2.19. The number of aryl methyl sites for hydroxylation is 1. The van der Waals surface area contributed by atoms with E-state index in [9.17, 15) is 9.59 Å². The highest BCUT2D eigenvalue weighted by atomic mass is 127. The standard InChI is InChI=1S/C16H23IN2O3/c1-11-6-7-13(17)12(10-11)14(20)18-8-5-9-19-15(21)22-16(2,3)4/h6-7,10H,5,8-9H2,1-4H3,(H,18,20)(H,19,21). The van der Waals surface area contributed by atoms with Gasteiger partial charge in [0, 0.05) is 16.7 Å². The zero-order valence-corrected chi connectivity index (χ0v) is 15.6. The quantitative estimate of drug-likeness (QED) is 0.570. The van der Waals surface area contributed by atoms with E-state index in [0.717, 1.165) is 9.13 Å². The van der Waals surface area contributed by atoms with Gasteiger partial charge in [-0.25, -0.2) is 4.79 Å². The summed E-state index contributed by atoms with van der Waals surface area (Å²) in [4.78, 5) is 23.5. The molecule has 0 saturated heterocycles. The van der Waals surface area contributed by atoms with Crippen molar-refractivity contribution in [3.05, 3.63) is 32.9 Å². The normalized spacial score (nSPS) is 11.0. The molecule has 1 rings (SSSR count). The predicted molar refractivity (Wildman–Crippen MR) is 95.1 cm³/mol. The Hall–Kier alpha value is -1.31. The second-order valence-corrected chi connectivity index (χ2v) is 7.18. The minimum atomic E-state index is -0.500. The zero-order chi connectivity index (χ0) is 16.8. The minimum Gasteiger partial charge on any atom is -0.444 e. The van der Waals surface area contributed by atoms with Gasteiger partial charge in [0.2, 0.25) is 0 Å². The molecule has 0 heterocycles. The maximum atomic E-state index is 12.1. The molecular formula is C16H23IN2O3. The van der Waals surface area contributed by atoms with Crippen LogP contribution in [0.1, 0.15) is 43.1 Å². The van der Waals surface area contributed by atoms with Gasteiger partial charge in [0.05, 0.1) is 5.56 Å². The van der Waals surface area contributed by atoms with Crippen LogP contribution in [0.5, 0.6) is 0 Å². The summed E-state index contributed by atoms with van der Waals surface area (Å²) in [5, 5.41) is 5.51. The van der Waals surface area contributed by atoms with E-state index in [1.807, 2.05) is 45.9 Å². The summed E-state index contributed by atoms with van der Waals surface area (Å²) in [6, 6.07) is 5.77. The lowest BCUT2D eigenvalue weighted by Crippen LogP contribution is -2.34. The molecule has 0 atom stereocenters. The molecule has 0 aliphatic carbocycles. The molecule has 0 radical (unpaired) electrons. The van der Waals surface area contributed by atoms with E-state index in [1.165, 1.54) is 0 Å². The van der Waals surface area contributed by atoms with Crippen LogP contribution in [0.2, 0.25) is 0 Å². The van der Waals surface area contributed by atoms with Crippen LogP contribution in [0.3, 0.4) is 0 Å². The van der Waals surface area contributed by atoms with Gasteiger partial charge in [-0.1, -0.05) is 11.6 Å². The van der Waals surface area contributed by atoms with Crippen LogP contribution < -0.4 is 10.6 Å². The summed E-state index contributed by atoms with van der Waals surface area (Å²) in [7, 11) is 0. The Bertz CT molecular complexity index is 539. The highest BCUT2D eigenvalue weighted by Crippen LogP contribution is 2.13. The smallest absolute Gasteiger partial charge is 0.407 e. The lowest BCUT2D eigenvalue weighted by atomic mass is 10.1. The predicted octanol–water partition coefficient (Wildman–Crippen LogP) is 3.24. The van der Waals surface area contributed by atoms with Gasteiger partial charge in [-0.3, -0.25) is 4.79 Å². The monoisotopic (exact) mass is 418 g/mol. The van der Waals surface area contributed by atoms with E-state index in [1.54, 1.807) is 0 Å². The average molecular weight is 418 g/mol. The van der Waals surface area contributed by atoms with Crippen LogP contribution in [0.25, 0.3) is 0 Å². The third-order valence-corrected chi connectivity index (χ3v) is 3.61. The summed E-state index contributed by atoms with van der Waals surface area (Å²) >= 11 is 2.15. The number of alkyl carbamates (subject to hydrolysis) is 1. The molecule has 0 unspecified atom stereocenters. The van der Waals surface area contributed by atoms with Gasteiger partial charge in [0.15, 0.2) is 0 Å². The molecule has 1 aromatic rings. The maximum Gasteiger partial charge on any atom is 0.407 e.